The van der Waals surface area contributed by atoms with Gasteiger partial charge < -0.3 is 24.1 Å². The first-order valence-corrected chi connectivity index (χ1v) is 10.1. The highest BCUT2D eigenvalue weighted by Crippen LogP contribution is 2.61. The van der Waals surface area contributed by atoms with Crippen molar-refractivity contribution in [2.24, 2.45) is 29.1 Å². The van der Waals surface area contributed by atoms with Crippen molar-refractivity contribution in [1.29, 1.82) is 0 Å². The third-order valence-corrected chi connectivity index (χ3v) is 7.48. The molecule has 0 aliphatic heterocycles. The molecule has 0 aromatic heterocycles. The lowest BCUT2D eigenvalue weighted by atomic mass is 9.54. The second-order valence-electron chi connectivity index (χ2n) is 8.69. The fourth-order valence-corrected chi connectivity index (χ4v) is 6.22. The lowest BCUT2D eigenvalue weighted by Crippen LogP contribution is -2.47. The number of aliphatic hydroxyl groups is 1. The molecule has 0 heterocycles. The minimum atomic E-state index is 0.150. The van der Waals surface area contributed by atoms with Gasteiger partial charge in [-0.1, -0.05) is 13.0 Å². The largest absolute Gasteiger partial charge is 0.504 e. The van der Waals surface area contributed by atoms with Crippen LogP contribution < -0.4 is 0 Å². The van der Waals surface area contributed by atoms with Gasteiger partial charge in [0.1, 0.15) is 6.79 Å². The summed E-state index contributed by atoms with van der Waals surface area (Å²) in [6, 6.07) is 0. The molecule has 0 aromatic rings. The SMILES string of the molecule is COCOC1=CC2=CC[C@@H]3[C@H](CC[C@]4(C)[C@@H](OCOC)CC[C@@H]34)[C@H]2C=C1O. The molecule has 5 heteroatoms. The monoisotopic (exact) mass is 376 g/mol. The van der Waals surface area contributed by atoms with E-state index in [4.69, 9.17) is 18.9 Å². The van der Waals surface area contributed by atoms with Gasteiger partial charge in [0.25, 0.3) is 0 Å². The Morgan fingerprint density at radius 1 is 1.11 bits per heavy atom. The normalized spacial score (nSPS) is 40.3. The summed E-state index contributed by atoms with van der Waals surface area (Å²) in [4.78, 5) is 0. The summed E-state index contributed by atoms with van der Waals surface area (Å²) >= 11 is 0. The smallest absolute Gasteiger partial charge is 0.188 e. The number of rotatable bonds is 6. The fraction of sp³-hybridized carbons (Fsp3) is 0.727. The van der Waals surface area contributed by atoms with Gasteiger partial charge in [0.2, 0.25) is 0 Å². The predicted molar refractivity (Wildman–Crippen MR) is 102 cm³/mol. The first kappa shape index (κ1) is 19.0. The number of allylic oxidation sites excluding steroid dienone is 4. The molecule has 2 saturated carbocycles. The third kappa shape index (κ3) is 3.24. The van der Waals surface area contributed by atoms with Gasteiger partial charge >= 0.3 is 0 Å². The quantitative estimate of drug-likeness (QED) is 0.700. The number of hydrogen-bond acceptors (Lipinski definition) is 5. The molecule has 6 atom stereocenters. The second kappa shape index (κ2) is 7.61. The molecule has 4 aliphatic rings. The Hall–Kier alpha value is -1.30. The van der Waals surface area contributed by atoms with E-state index in [9.17, 15) is 5.11 Å². The Morgan fingerprint density at radius 3 is 2.70 bits per heavy atom. The first-order chi connectivity index (χ1) is 13.1. The van der Waals surface area contributed by atoms with E-state index in [1.54, 1.807) is 14.2 Å². The molecule has 5 nitrogen and oxygen atoms in total. The van der Waals surface area contributed by atoms with Crippen molar-refractivity contribution in [3.8, 4) is 0 Å². The summed E-state index contributed by atoms with van der Waals surface area (Å²) in [5, 5.41) is 10.5. The highest BCUT2D eigenvalue weighted by molar-refractivity contribution is 5.41. The Bertz CT molecular complexity index is 651. The molecule has 0 bridgehead atoms. The van der Waals surface area contributed by atoms with E-state index in [-0.39, 0.29) is 18.0 Å². The average Bonchev–Trinajstić information content (AvgIpc) is 3.01. The Morgan fingerprint density at radius 2 is 1.93 bits per heavy atom. The maximum atomic E-state index is 10.5. The van der Waals surface area contributed by atoms with Crippen molar-refractivity contribution in [3.05, 3.63) is 35.3 Å². The van der Waals surface area contributed by atoms with Gasteiger partial charge in [0, 0.05) is 20.1 Å². The van der Waals surface area contributed by atoms with E-state index in [0.717, 1.165) is 12.8 Å². The molecule has 0 radical (unpaired) electrons. The Labute approximate surface area is 162 Å². The van der Waals surface area contributed by atoms with Crippen LogP contribution in [-0.4, -0.2) is 39.0 Å². The molecular weight excluding hydrogens is 344 g/mol. The van der Waals surface area contributed by atoms with E-state index >= 15 is 0 Å². The van der Waals surface area contributed by atoms with Crippen molar-refractivity contribution >= 4 is 0 Å². The topological polar surface area (TPSA) is 57.2 Å². The predicted octanol–water partition coefficient (Wildman–Crippen LogP) is 4.32. The number of ether oxygens (including phenoxy) is 4. The maximum Gasteiger partial charge on any atom is 0.188 e. The van der Waals surface area contributed by atoms with Crippen molar-refractivity contribution in [2.45, 2.75) is 45.1 Å². The number of fused-ring (bicyclic) bond motifs is 5. The molecule has 0 spiro atoms. The summed E-state index contributed by atoms with van der Waals surface area (Å²) in [7, 11) is 3.28. The third-order valence-electron chi connectivity index (χ3n) is 7.48. The van der Waals surface area contributed by atoms with E-state index < -0.39 is 0 Å². The Kier molecular flexibility index (Phi) is 5.36. The maximum absolute atomic E-state index is 10.5. The van der Waals surface area contributed by atoms with Crippen LogP contribution >= 0.6 is 0 Å². The summed E-state index contributed by atoms with van der Waals surface area (Å²) in [5.41, 5.74) is 1.53. The summed E-state index contributed by atoms with van der Waals surface area (Å²) in [5.74, 6) is 2.99. The number of methoxy groups -OCH3 is 2. The van der Waals surface area contributed by atoms with E-state index in [1.807, 2.05) is 12.2 Å². The molecular formula is C22H32O5. The van der Waals surface area contributed by atoms with Gasteiger partial charge in [-0.2, -0.15) is 0 Å². The van der Waals surface area contributed by atoms with Crippen LogP contribution in [0.25, 0.3) is 0 Å². The zero-order valence-corrected chi connectivity index (χ0v) is 16.6. The molecule has 0 aromatic carbocycles. The molecule has 2 fully saturated rings. The molecule has 4 rings (SSSR count). The molecule has 0 unspecified atom stereocenters. The lowest BCUT2D eigenvalue weighted by Gasteiger charge is -2.52. The minimum absolute atomic E-state index is 0.150. The van der Waals surface area contributed by atoms with Crippen LogP contribution in [0.1, 0.15) is 39.0 Å². The van der Waals surface area contributed by atoms with E-state index in [2.05, 4.69) is 13.0 Å². The number of aliphatic hydroxyl groups excluding tert-OH is 1. The average molecular weight is 376 g/mol. The summed E-state index contributed by atoms with van der Waals surface area (Å²) < 4.78 is 21.7. The van der Waals surface area contributed by atoms with Crippen LogP contribution in [-0.2, 0) is 18.9 Å². The summed E-state index contributed by atoms with van der Waals surface area (Å²) in [6.07, 6.45) is 12.5. The zero-order valence-electron chi connectivity index (χ0n) is 16.6. The van der Waals surface area contributed by atoms with Gasteiger partial charge in [-0.15, -0.1) is 0 Å². The molecule has 27 heavy (non-hydrogen) atoms. The first-order valence-electron chi connectivity index (χ1n) is 10.1. The van der Waals surface area contributed by atoms with Gasteiger partial charge in [0.15, 0.2) is 18.3 Å². The molecule has 1 N–H and O–H groups in total. The van der Waals surface area contributed by atoms with Crippen molar-refractivity contribution in [1.82, 2.24) is 0 Å². The summed E-state index contributed by atoms with van der Waals surface area (Å²) in [6.45, 7) is 2.96. The highest BCUT2D eigenvalue weighted by Gasteiger charge is 2.56. The fourth-order valence-electron chi connectivity index (χ4n) is 6.22. The highest BCUT2D eigenvalue weighted by atomic mass is 16.7. The minimum Gasteiger partial charge on any atom is -0.504 e. The van der Waals surface area contributed by atoms with Crippen LogP contribution in [0.4, 0.5) is 0 Å². The molecule has 0 saturated heterocycles. The second-order valence-corrected chi connectivity index (χ2v) is 8.69. The van der Waals surface area contributed by atoms with Gasteiger partial charge in [-0.05, 0) is 73.0 Å². The van der Waals surface area contributed by atoms with E-state index in [0.29, 0.717) is 42.3 Å². The standard InChI is InChI=1S/C22H32O5/c1-22-9-8-15-16(18(22)6-7-21(22)27-13-25-3)5-4-14-10-20(26-12-24-2)19(23)11-17(14)15/h4,10-11,15-18,21,23H,5-9,12-13H2,1-3H3/t15-,16+,17-,18-,21-,22-/m0/s1. The van der Waals surface area contributed by atoms with Crippen LogP contribution in [0, 0.1) is 29.1 Å². The van der Waals surface area contributed by atoms with Crippen molar-refractivity contribution in [2.75, 3.05) is 27.8 Å². The molecule has 150 valence electrons. The number of hydrogen-bond donors (Lipinski definition) is 1. The van der Waals surface area contributed by atoms with Crippen LogP contribution in [0.15, 0.2) is 35.3 Å². The lowest BCUT2D eigenvalue weighted by molar-refractivity contribution is -0.129. The van der Waals surface area contributed by atoms with Crippen molar-refractivity contribution < 1.29 is 24.1 Å². The van der Waals surface area contributed by atoms with Gasteiger partial charge in [-0.25, -0.2) is 0 Å². The molecule has 0 amide bonds. The van der Waals surface area contributed by atoms with Crippen LogP contribution in [0.3, 0.4) is 0 Å². The van der Waals surface area contributed by atoms with Gasteiger partial charge in [-0.3, -0.25) is 0 Å². The van der Waals surface area contributed by atoms with Crippen LogP contribution in [0.2, 0.25) is 0 Å². The zero-order chi connectivity index (χ0) is 19.0. The van der Waals surface area contributed by atoms with Crippen molar-refractivity contribution in [3.63, 3.8) is 0 Å². The van der Waals surface area contributed by atoms with Crippen LogP contribution in [0.5, 0.6) is 0 Å². The van der Waals surface area contributed by atoms with E-state index in [1.165, 1.54) is 24.8 Å². The van der Waals surface area contributed by atoms with Gasteiger partial charge in [0.05, 0.1) is 6.10 Å². The molecule has 4 aliphatic carbocycles. The Balaban J connectivity index is 1.54.